The molecule has 1 amide bonds. The molecule has 1 heterocycles. The zero-order valence-corrected chi connectivity index (χ0v) is 13.5. The summed E-state index contributed by atoms with van der Waals surface area (Å²) in [5.41, 5.74) is 11.4. The van der Waals surface area contributed by atoms with Crippen LogP contribution in [0.4, 0.5) is 0 Å². The van der Waals surface area contributed by atoms with E-state index in [4.69, 9.17) is 10.8 Å². The van der Waals surface area contributed by atoms with Gasteiger partial charge in [-0.25, -0.2) is 0 Å². The first-order chi connectivity index (χ1) is 10.5. The van der Waals surface area contributed by atoms with E-state index in [0.29, 0.717) is 18.5 Å². The van der Waals surface area contributed by atoms with Gasteiger partial charge in [0.15, 0.2) is 0 Å². The van der Waals surface area contributed by atoms with Crippen LogP contribution >= 0.6 is 0 Å². The lowest BCUT2D eigenvalue weighted by Crippen LogP contribution is -2.13. The van der Waals surface area contributed by atoms with Crippen LogP contribution in [0, 0.1) is 13.8 Å². The summed E-state index contributed by atoms with van der Waals surface area (Å²) >= 11 is 0. The van der Waals surface area contributed by atoms with Crippen LogP contribution in [0.25, 0.3) is 11.1 Å². The van der Waals surface area contributed by atoms with Gasteiger partial charge in [-0.05, 0) is 37.8 Å². The van der Waals surface area contributed by atoms with Gasteiger partial charge in [-0.1, -0.05) is 31.2 Å². The second-order valence-electron chi connectivity index (χ2n) is 5.54. The zero-order valence-electron chi connectivity index (χ0n) is 13.5. The molecule has 118 valence electrons. The molecule has 0 bridgehead atoms. The standard InChI is InChI=1S/C18H24N2O2/c1-4-15-17(14-9-6-5-8-12(14)2)16(18(19)22)13(3)20(15)10-7-11-21/h5-6,8-9,21H,4,7,10-11H2,1-3H3,(H2,19,22). The van der Waals surface area contributed by atoms with E-state index < -0.39 is 5.91 Å². The van der Waals surface area contributed by atoms with Crippen molar-refractivity contribution in [3.63, 3.8) is 0 Å². The SMILES string of the molecule is CCc1c(-c2ccccc2C)c(C(N)=O)c(C)n1CCCO. The lowest BCUT2D eigenvalue weighted by molar-refractivity contribution is 0.1000. The molecule has 4 nitrogen and oxygen atoms in total. The highest BCUT2D eigenvalue weighted by atomic mass is 16.3. The number of rotatable bonds is 6. The van der Waals surface area contributed by atoms with E-state index in [1.165, 1.54) is 0 Å². The van der Waals surface area contributed by atoms with Gasteiger partial charge in [0.25, 0.3) is 5.91 Å². The highest BCUT2D eigenvalue weighted by molar-refractivity contribution is 6.02. The first kappa shape index (κ1) is 16.3. The Morgan fingerprint density at radius 1 is 1.27 bits per heavy atom. The van der Waals surface area contributed by atoms with E-state index in [2.05, 4.69) is 11.5 Å². The highest BCUT2D eigenvalue weighted by Gasteiger charge is 2.24. The molecule has 2 aromatic rings. The maximum absolute atomic E-state index is 12.0. The summed E-state index contributed by atoms with van der Waals surface area (Å²) in [5.74, 6) is -0.395. The highest BCUT2D eigenvalue weighted by Crippen LogP contribution is 2.35. The third kappa shape index (κ3) is 2.79. The molecule has 0 atom stereocenters. The molecule has 0 saturated heterocycles. The zero-order chi connectivity index (χ0) is 16.3. The molecule has 3 N–H and O–H groups in total. The second kappa shape index (κ2) is 6.79. The van der Waals surface area contributed by atoms with E-state index in [0.717, 1.165) is 34.5 Å². The van der Waals surface area contributed by atoms with Gasteiger partial charge in [0.05, 0.1) is 5.56 Å². The number of nitrogens with zero attached hydrogens (tertiary/aromatic N) is 1. The number of aliphatic hydroxyl groups excluding tert-OH is 1. The Balaban J connectivity index is 2.76. The maximum Gasteiger partial charge on any atom is 0.251 e. The molecule has 22 heavy (non-hydrogen) atoms. The van der Waals surface area contributed by atoms with Crippen molar-refractivity contribution in [3.05, 3.63) is 46.8 Å². The summed E-state index contributed by atoms with van der Waals surface area (Å²) in [6, 6.07) is 8.04. The Morgan fingerprint density at radius 3 is 2.50 bits per heavy atom. The van der Waals surface area contributed by atoms with Gasteiger partial charge < -0.3 is 15.4 Å². The number of hydrogen-bond donors (Lipinski definition) is 2. The molecule has 2 rings (SSSR count). The van der Waals surface area contributed by atoms with E-state index in [9.17, 15) is 4.79 Å². The number of carbonyl (C=O) groups excluding carboxylic acids is 1. The number of aliphatic hydroxyl groups is 1. The number of aromatic nitrogens is 1. The fraction of sp³-hybridized carbons (Fsp3) is 0.389. The predicted octanol–water partition coefficient (Wildman–Crippen LogP) is 2.82. The van der Waals surface area contributed by atoms with Crippen molar-refractivity contribution in [1.29, 1.82) is 0 Å². The summed E-state index contributed by atoms with van der Waals surface area (Å²) in [4.78, 5) is 12.0. The van der Waals surface area contributed by atoms with Crippen LogP contribution in [0.1, 0.15) is 40.7 Å². The molecule has 0 aliphatic heterocycles. The van der Waals surface area contributed by atoms with Crippen LogP contribution in [0.15, 0.2) is 24.3 Å². The minimum absolute atomic E-state index is 0.131. The summed E-state index contributed by atoms with van der Waals surface area (Å²) < 4.78 is 2.12. The predicted molar refractivity (Wildman–Crippen MR) is 88.9 cm³/mol. The van der Waals surface area contributed by atoms with Crippen LogP contribution in [-0.2, 0) is 13.0 Å². The van der Waals surface area contributed by atoms with Gasteiger partial charge in [0.2, 0.25) is 0 Å². The quantitative estimate of drug-likeness (QED) is 0.861. The van der Waals surface area contributed by atoms with E-state index in [-0.39, 0.29) is 6.61 Å². The molecule has 0 radical (unpaired) electrons. The number of primary amides is 1. The molecule has 0 aliphatic rings. The average Bonchev–Trinajstić information content (AvgIpc) is 2.77. The van der Waals surface area contributed by atoms with Crippen LogP contribution in [-0.4, -0.2) is 22.2 Å². The van der Waals surface area contributed by atoms with Gasteiger partial charge in [0.1, 0.15) is 0 Å². The molecule has 1 aromatic heterocycles. The Hall–Kier alpha value is -2.07. The van der Waals surface area contributed by atoms with E-state index in [1.807, 2.05) is 38.1 Å². The van der Waals surface area contributed by atoms with Gasteiger partial charge in [0, 0.05) is 30.1 Å². The molecule has 0 fully saturated rings. The molecule has 0 spiro atoms. The molecular formula is C18H24N2O2. The Labute approximate surface area is 131 Å². The topological polar surface area (TPSA) is 68.2 Å². The minimum atomic E-state index is -0.395. The van der Waals surface area contributed by atoms with Gasteiger partial charge in [-0.2, -0.15) is 0 Å². The van der Waals surface area contributed by atoms with Crippen molar-refractivity contribution < 1.29 is 9.90 Å². The smallest absolute Gasteiger partial charge is 0.251 e. The van der Waals surface area contributed by atoms with Crippen LogP contribution in [0.3, 0.4) is 0 Å². The molecule has 1 aromatic carbocycles. The largest absolute Gasteiger partial charge is 0.396 e. The molecule has 0 saturated carbocycles. The van der Waals surface area contributed by atoms with Gasteiger partial charge in [-0.15, -0.1) is 0 Å². The minimum Gasteiger partial charge on any atom is -0.396 e. The van der Waals surface area contributed by atoms with Crippen molar-refractivity contribution in [2.24, 2.45) is 5.73 Å². The fourth-order valence-electron chi connectivity index (χ4n) is 3.14. The summed E-state index contributed by atoms with van der Waals surface area (Å²) in [6.45, 7) is 6.87. The number of amides is 1. The lowest BCUT2D eigenvalue weighted by atomic mass is 9.95. The Bertz CT molecular complexity index is 687. The monoisotopic (exact) mass is 300 g/mol. The van der Waals surface area contributed by atoms with Gasteiger partial charge in [-0.3, -0.25) is 4.79 Å². The van der Waals surface area contributed by atoms with Crippen molar-refractivity contribution in [3.8, 4) is 11.1 Å². The number of hydrogen-bond acceptors (Lipinski definition) is 2. The maximum atomic E-state index is 12.0. The molecule has 0 unspecified atom stereocenters. The summed E-state index contributed by atoms with van der Waals surface area (Å²) in [5, 5.41) is 9.12. The lowest BCUT2D eigenvalue weighted by Gasteiger charge is -2.12. The van der Waals surface area contributed by atoms with Crippen molar-refractivity contribution in [2.45, 2.75) is 40.2 Å². The molecule has 4 heteroatoms. The van der Waals surface area contributed by atoms with Crippen molar-refractivity contribution in [1.82, 2.24) is 4.57 Å². The number of benzene rings is 1. The number of carbonyl (C=O) groups is 1. The normalized spacial score (nSPS) is 10.9. The number of aryl methyl sites for hydroxylation is 1. The first-order valence-corrected chi connectivity index (χ1v) is 7.71. The first-order valence-electron chi connectivity index (χ1n) is 7.71. The van der Waals surface area contributed by atoms with Crippen molar-refractivity contribution in [2.75, 3.05) is 6.61 Å². The van der Waals surface area contributed by atoms with E-state index >= 15 is 0 Å². The number of nitrogens with two attached hydrogens (primary N) is 1. The third-order valence-corrected chi connectivity index (χ3v) is 4.17. The second-order valence-corrected chi connectivity index (χ2v) is 5.54. The third-order valence-electron chi connectivity index (χ3n) is 4.17. The Kier molecular flexibility index (Phi) is 5.03. The van der Waals surface area contributed by atoms with Crippen LogP contribution in [0.2, 0.25) is 0 Å². The summed E-state index contributed by atoms with van der Waals surface area (Å²) in [6.07, 6.45) is 1.47. The van der Waals surface area contributed by atoms with Crippen LogP contribution < -0.4 is 5.73 Å². The average molecular weight is 300 g/mol. The fourth-order valence-corrected chi connectivity index (χ4v) is 3.14. The Morgan fingerprint density at radius 2 is 1.95 bits per heavy atom. The van der Waals surface area contributed by atoms with E-state index in [1.54, 1.807) is 0 Å². The van der Waals surface area contributed by atoms with Crippen LogP contribution in [0.5, 0.6) is 0 Å². The molecular weight excluding hydrogens is 276 g/mol. The summed E-state index contributed by atoms with van der Waals surface area (Å²) in [7, 11) is 0. The molecule has 0 aliphatic carbocycles. The van der Waals surface area contributed by atoms with Crippen molar-refractivity contribution >= 4 is 5.91 Å². The van der Waals surface area contributed by atoms with Gasteiger partial charge >= 0.3 is 0 Å².